The van der Waals surface area contributed by atoms with E-state index in [9.17, 15) is 9.59 Å². The van der Waals surface area contributed by atoms with Crippen LogP contribution in [0.25, 0.3) is 0 Å². The van der Waals surface area contributed by atoms with E-state index in [1.807, 2.05) is 13.8 Å². The Morgan fingerprint density at radius 1 is 1.29 bits per heavy atom. The lowest BCUT2D eigenvalue weighted by Gasteiger charge is -2.29. The Kier molecular flexibility index (Phi) is 5.25. The molecule has 0 spiro atoms. The minimum atomic E-state index is -0.885. The van der Waals surface area contributed by atoms with Gasteiger partial charge in [0.05, 0.1) is 0 Å². The Balaban J connectivity index is 2.68. The summed E-state index contributed by atoms with van der Waals surface area (Å²) in [7, 11) is 0. The second-order valence-electron chi connectivity index (χ2n) is 4.46. The molecule has 0 aliphatic carbocycles. The summed E-state index contributed by atoms with van der Waals surface area (Å²) in [6, 6.07) is -0.739. The van der Waals surface area contributed by atoms with Crippen molar-refractivity contribution in [1.82, 2.24) is 9.80 Å². The van der Waals surface area contributed by atoms with Crippen molar-refractivity contribution in [1.29, 1.82) is 0 Å². The Morgan fingerprint density at radius 2 is 1.88 bits per heavy atom. The van der Waals surface area contributed by atoms with Gasteiger partial charge in [-0.05, 0) is 25.7 Å². The van der Waals surface area contributed by atoms with Gasteiger partial charge < -0.3 is 14.9 Å². The summed E-state index contributed by atoms with van der Waals surface area (Å²) in [5.41, 5.74) is 0. The van der Waals surface area contributed by atoms with E-state index in [0.717, 1.165) is 19.3 Å². The van der Waals surface area contributed by atoms with Crippen LogP contribution in [-0.4, -0.2) is 52.6 Å². The molecular formula is C12H22N2O3. The Labute approximate surface area is 102 Å². The monoisotopic (exact) mass is 242 g/mol. The number of rotatable bonds is 5. The molecule has 5 heteroatoms. The average Bonchev–Trinajstić information content (AvgIpc) is 2.76. The quantitative estimate of drug-likeness (QED) is 0.799. The van der Waals surface area contributed by atoms with Gasteiger partial charge in [0.15, 0.2) is 0 Å². The number of carbonyl (C=O) groups excluding carboxylic acids is 1. The number of amides is 2. The SMILES string of the molecule is CCCN(CCC)C(=O)N1CCCC1C(=O)O. The van der Waals surface area contributed by atoms with E-state index in [0.29, 0.717) is 26.1 Å². The van der Waals surface area contributed by atoms with Gasteiger partial charge in [-0.2, -0.15) is 0 Å². The molecule has 1 saturated heterocycles. The molecule has 1 heterocycles. The number of hydrogen-bond donors (Lipinski definition) is 1. The van der Waals surface area contributed by atoms with Crippen LogP contribution in [0, 0.1) is 0 Å². The largest absolute Gasteiger partial charge is 0.480 e. The third-order valence-corrected chi connectivity index (χ3v) is 3.04. The number of urea groups is 1. The van der Waals surface area contributed by atoms with Crippen LogP contribution in [0.2, 0.25) is 0 Å². The van der Waals surface area contributed by atoms with Crippen molar-refractivity contribution in [2.24, 2.45) is 0 Å². The minimum Gasteiger partial charge on any atom is -0.480 e. The summed E-state index contributed by atoms with van der Waals surface area (Å²) < 4.78 is 0. The highest BCUT2D eigenvalue weighted by Gasteiger charge is 2.35. The predicted octanol–water partition coefficient (Wildman–Crippen LogP) is 1.78. The van der Waals surface area contributed by atoms with Crippen molar-refractivity contribution in [2.75, 3.05) is 19.6 Å². The number of aliphatic carboxylic acids is 1. The summed E-state index contributed by atoms with van der Waals surface area (Å²) in [5, 5.41) is 9.06. The molecule has 1 rings (SSSR count). The van der Waals surface area contributed by atoms with Crippen LogP contribution in [0.5, 0.6) is 0 Å². The maximum Gasteiger partial charge on any atom is 0.326 e. The molecule has 0 aromatic rings. The van der Waals surface area contributed by atoms with E-state index in [1.54, 1.807) is 4.90 Å². The fourth-order valence-electron chi connectivity index (χ4n) is 2.28. The highest BCUT2D eigenvalue weighted by Crippen LogP contribution is 2.19. The van der Waals surface area contributed by atoms with Crippen LogP contribution in [0.1, 0.15) is 39.5 Å². The van der Waals surface area contributed by atoms with Gasteiger partial charge in [-0.15, -0.1) is 0 Å². The van der Waals surface area contributed by atoms with Crippen LogP contribution < -0.4 is 0 Å². The smallest absolute Gasteiger partial charge is 0.326 e. The highest BCUT2D eigenvalue weighted by atomic mass is 16.4. The molecule has 2 amide bonds. The maximum atomic E-state index is 12.2. The first-order valence-corrected chi connectivity index (χ1v) is 6.40. The first-order chi connectivity index (χ1) is 8.11. The van der Waals surface area contributed by atoms with E-state index in [2.05, 4.69) is 0 Å². The number of likely N-dealkylation sites (tertiary alicyclic amines) is 1. The molecule has 0 bridgehead atoms. The molecule has 17 heavy (non-hydrogen) atoms. The lowest BCUT2D eigenvalue weighted by Crippen LogP contribution is -2.48. The van der Waals surface area contributed by atoms with Gasteiger partial charge >= 0.3 is 12.0 Å². The Morgan fingerprint density at radius 3 is 2.35 bits per heavy atom. The van der Waals surface area contributed by atoms with Gasteiger partial charge in [-0.3, -0.25) is 0 Å². The zero-order chi connectivity index (χ0) is 12.8. The number of carboxylic acid groups (broad SMARTS) is 1. The van der Waals surface area contributed by atoms with Crippen molar-refractivity contribution in [2.45, 2.75) is 45.6 Å². The second kappa shape index (κ2) is 6.47. The van der Waals surface area contributed by atoms with Crippen LogP contribution in [0.4, 0.5) is 4.79 Å². The van der Waals surface area contributed by atoms with Gasteiger partial charge in [-0.25, -0.2) is 9.59 Å². The first kappa shape index (κ1) is 13.8. The molecule has 0 aromatic heterocycles. The number of carboxylic acids is 1. The van der Waals surface area contributed by atoms with Crippen LogP contribution in [0.15, 0.2) is 0 Å². The average molecular weight is 242 g/mol. The minimum absolute atomic E-state index is 0.112. The molecule has 1 N–H and O–H groups in total. The van der Waals surface area contributed by atoms with E-state index in [1.165, 1.54) is 4.90 Å². The van der Waals surface area contributed by atoms with Crippen molar-refractivity contribution in [3.05, 3.63) is 0 Å². The van der Waals surface area contributed by atoms with Crippen molar-refractivity contribution < 1.29 is 14.7 Å². The second-order valence-corrected chi connectivity index (χ2v) is 4.46. The van der Waals surface area contributed by atoms with E-state index >= 15 is 0 Å². The molecule has 1 fully saturated rings. The number of carbonyl (C=O) groups is 2. The molecule has 1 aliphatic heterocycles. The van der Waals surface area contributed by atoms with E-state index in [-0.39, 0.29) is 6.03 Å². The summed E-state index contributed by atoms with van der Waals surface area (Å²) in [5.74, 6) is -0.885. The number of hydrogen-bond acceptors (Lipinski definition) is 2. The summed E-state index contributed by atoms with van der Waals surface area (Å²) >= 11 is 0. The molecule has 5 nitrogen and oxygen atoms in total. The summed E-state index contributed by atoms with van der Waals surface area (Å²) in [6.45, 7) is 6.02. The first-order valence-electron chi connectivity index (χ1n) is 6.40. The van der Waals surface area contributed by atoms with Crippen molar-refractivity contribution >= 4 is 12.0 Å². The predicted molar refractivity (Wildman–Crippen MR) is 64.9 cm³/mol. The van der Waals surface area contributed by atoms with Gasteiger partial charge in [0.25, 0.3) is 0 Å². The van der Waals surface area contributed by atoms with E-state index < -0.39 is 12.0 Å². The standard InChI is InChI=1S/C12H22N2O3/c1-3-7-13(8-4-2)12(17)14-9-5-6-10(14)11(15)16/h10H,3-9H2,1-2H3,(H,15,16). The third kappa shape index (κ3) is 3.35. The zero-order valence-electron chi connectivity index (χ0n) is 10.7. The van der Waals surface area contributed by atoms with Gasteiger partial charge in [0, 0.05) is 19.6 Å². The van der Waals surface area contributed by atoms with E-state index in [4.69, 9.17) is 5.11 Å². The molecular weight excluding hydrogens is 220 g/mol. The lowest BCUT2D eigenvalue weighted by molar-refractivity contribution is -0.141. The topological polar surface area (TPSA) is 60.9 Å². The summed E-state index contributed by atoms with van der Waals surface area (Å²) in [6.07, 6.45) is 3.16. The Hall–Kier alpha value is -1.26. The normalized spacial score (nSPS) is 19.4. The maximum absolute atomic E-state index is 12.2. The van der Waals surface area contributed by atoms with Gasteiger partial charge in [-0.1, -0.05) is 13.8 Å². The lowest BCUT2D eigenvalue weighted by atomic mass is 10.2. The van der Waals surface area contributed by atoms with Crippen molar-refractivity contribution in [3.8, 4) is 0 Å². The molecule has 0 radical (unpaired) electrons. The third-order valence-electron chi connectivity index (χ3n) is 3.04. The van der Waals surface area contributed by atoms with Gasteiger partial charge in [0.2, 0.25) is 0 Å². The molecule has 1 unspecified atom stereocenters. The van der Waals surface area contributed by atoms with Crippen molar-refractivity contribution in [3.63, 3.8) is 0 Å². The van der Waals surface area contributed by atoms with Crippen LogP contribution >= 0.6 is 0 Å². The fourth-order valence-corrected chi connectivity index (χ4v) is 2.28. The number of nitrogens with zero attached hydrogens (tertiary/aromatic N) is 2. The zero-order valence-corrected chi connectivity index (χ0v) is 10.7. The highest BCUT2D eigenvalue weighted by molar-refractivity contribution is 5.83. The summed E-state index contributed by atoms with van der Waals surface area (Å²) in [4.78, 5) is 26.5. The van der Waals surface area contributed by atoms with Gasteiger partial charge in [0.1, 0.15) is 6.04 Å². The molecule has 1 atom stereocenters. The Bertz CT molecular complexity index is 275. The van der Waals surface area contributed by atoms with Crippen LogP contribution in [-0.2, 0) is 4.79 Å². The van der Waals surface area contributed by atoms with Crippen LogP contribution in [0.3, 0.4) is 0 Å². The molecule has 0 saturated carbocycles. The molecule has 0 aromatic carbocycles. The molecule has 1 aliphatic rings. The fraction of sp³-hybridized carbons (Fsp3) is 0.833. The molecule has 98 valence electrons.